The van der Waals surface area contributed by atoms with Crippen molar-refractivity contribution < 1.29 is 13.2 Å². The first kappa shape index (κ1) is 16.8. The van der Waals surface area contributed by atoms with E-state index < -0.39 is 12.6 Å². The number of likely N-dealkylation sites (N-methyl/N-ethyl adjacent to an activating group) is 1. The Bertz CT molecular complexity index is 246. The van der Waals surface area contributed by atoms with Gasteiger partial charge in [-0.1, -0.05) is 32.6 Å². The van der Waals surface area contributed by atoms with E-state index in [1.807, 2.05) is 6.92 Å². The molecule has 1 aliphatic carbocycles. The molecule has 2 N–H and O–H groups in total. The van der Waals surface area contributed by atoms with E-state index in [0.717, 1.165) is 32.2 Å². The van der Waals surface area contributed by atoms with Crippen molar-refractivity contribution in [3.05, 3.63) is 0 Å². The van der Waals surface area contributed by atoms with Gasteiger partial charge in [0.2, 0.25) is 0 Å². The molecular weight excluding hydrogens is 253 g/mol. The third-order valence-corrected chi connectivity index (χ3v) is 4.36. The molecule has 0 heterocycles. The van der Waals surface area contributed by atoms with Gasteiger partial charge in [0.05, 0.1) is 0 Å². The van der Waals surface area contributed by atoms with Crippen LogP contribution in [0.25, 0.3) is 0 Å². The Balaban J connectivity index is 2.58. The highest BCUT2D eigenvalue weighted by atomic mass is 19.4. The molecule has 5 heteroatoms. The first-order valence-corrected chi connectivity index (χ1v) is 7.45. The number of nitrogens with zero attached hydrogens (tertiary/aromatic N) is 1. The highest BCUT2D eigenvalue weighted by Gasteiger charge is 2.35. The minimum absolute atomic E-state index is 0.0587. The van der Waals surface area contributed by atoms with E-state index in [-0.39, 0.29) is 12.0 Å². The minimum Gasteiger partial charge on any atom is -0.329 e. The maximum absolute atomic E-state index is 12.3. The standard InChI is InChI=1S/C14H27F3N2/c1-2-19(11-7-10-14(15,16)17)13(12-18)8-5-3-4-6-9-13/h2-12,18H2,1H3. The molecule has 0 atom stereocenters. The molecule has 0 amide bonds. The summed E-state index contributed by atoms with van der Waals surface area (Å²) in [5, 5.41) is 0. The topological polar surface area (TPSA) is 29.3 Å². The van der Waals surface area contributed by atoms with Crippen LogP contribution in [-0.4, -0.2) is 36.2 Å². The van der Waals surface area contributed by atoms with Crippen LogP contribution in [0, 0.1) is 0 Å². The number of nitrogens with two attached hydrogens (primary N) is 1. The van der Waals surface area contributed by atoms with Gasteiger partial charge in [0.25, 0.3) is 0 Å². The predicted octanol–water partition coefficient (Wildman–Crippen LogP) is 3.70. The zero-order valence-corrected chi connectivity index (χ0v) is 11.9. The molecule has 0 spiro atoms. The Morgan fingerprint density at radius 3 is 2.11 bits per heavy atom. The monoisotopic (exact) mass is 280 g/mol. The number of rotatable bonds is 6. The van der Waals surface area contributed by atoms with Gasteiger partial charge in [-0.2, -0.15) is 13.2 Å². The van der Waals surface area contributed by atoms with Crippen LogP contribution in [0.5, 0.6) is 0 Å². The second-order valence-electron chi connectivity index (χ2n) is 5.64. The van der Waals surface area contributed by atoms with Crippen LogP contribution in [0.2, 0.25) is 0 Å². The fraction of sp³-hybridized carbons (Fsp3) is 1.00. The SMILES string of the molecule is CCN(CCCC(F)(F)F)C1(CN)CCCCCC1. The fourth-order valence-corrected chi connectivity index (χ4v) is 3.24. The number of alkyl halides is 3. The molecule has 2 nitrogen and oxygen atoms in total. The van der Waals surface area contributed by atoms with Crippen molar-refractivity contribution in [3.8, 4) is 0 Å². The van der Waals surface area contributed by atoms with Crippen molar-refractivity contribution in [1.29, 1.82) is 0 Å². The van der Waals surface area contributed by atoms with Crippen molar-refractivity contribution in [2.75, 3.05) is 19.6 Å². The highest BCUT2D eigenvalue weighted by molar-refractivity contribution is 4.92. The third-order valence-electron chi connectivity index (χ3n) is 4.36. The average molecular weight is 280 g/mol. The fourth-order valence-electron chi connectivity index (χ4n) is 3.24. The Morgan fingerprint density at radius 1 is 1.11 bits per heavy atom. The first-order chi connectivity index (χ1) is 8.93. The van der Waals surface area contributed by atoms with Crippen LogP contribution in [0.4, 0.5) is 13.2 Å². The molecule has 1 aliphatic rings. The van der Waals surface area contributed by atoms with E-state index in [2.05, 4.69) is 4.90 Å². The van der Waals surface area contributed by atoms with E-state index >= 15 is 0 Å². The van der Waals surface area contributed by atoms with Gasteiger partial charge in [-0.15, -0.1) is 0 Å². The lowest BCUT2D eigenvalue weighted by Crippen LogP contribution is -2.54. The van der Waals surface area contributed by atoms with Crippen LogP contribution in [-0.2, 0) is 0 Å². The summed E-state index contributed by atoms with van der Waals surface area (Å²) in [6, 6.07) is 0. The summed E-state index contributed by atoms with van der Waals surface area (Å²) in [5.74, 6) is 0. The van der Waals surface area contributed by atoms with Crippen LogP contribution < -0.4 is 5.73 Å². The maximum Gasteiger partial charge on any atom is 0.389 e. The van der Waals surface area contributed by atoms with Gasteiger partial charge in [-0.05, 0) is 32.4 Å². The Hall–Kier alpha value is -0.290. The summed E-state index contributed by atoms with van der Waals surface area (Å²) in [4.78, 5) is 2.20. The molecular formula is C14H27F3N2. The molecule has 0 unspecified atom stereocenters. The number of hydrogen-bond acceptors (Lipinski definition) is 2. The van der Waals surface area contributed by atoms with Crippen LogP contribution in [0.15, 0.2) is 0 Å². The summed E-state index contributed by atoms with van der Waals surface area (Å²) < 4.78 is 36.8. The van der Waals surface area contributed by atoms with E-state index in [9.17, 15) is 13.2 Å². The molecule has 1 saturated carbocycles. The zero-order valence-electron chi connectivity index (χ0n) is 11.9. The minimum atomic E-state index is -4.04. The summed E-state index contributed by atoms with van der Waals surface area (Å²) in [6.07, 6.45) is 2.25. The number of halogens is 3. The van der Waals surface area contributed by atoms with E-state index in [4.69, 9.17) is 5.73 Å². The van der Waals surface area contributed by atoms with Gasteiger partial charge in [0, 0.05) is 18.5 Å². The molecule has 1 fully saturated rings. The normalized spacial score (nSPS) is 20.5. The van der Waals surface area contributed by atoms with E-state index in [1.54, 1.807) is 0 Å². The lowest BCUT2D eigenvalue weighted by atomic mass is 9.87. The first-order valence-electron chi connectivity index (χ1n) is 7.45. The number of hydrogen-bond donors (Lipinski definition) is 1. The summed E-state index contributed by atoms with van der Waals surface area (Å²) in [7, 11) is 0. The van der Waals surface area contributed by atoms with Gasteiger partial charge in [-0.3, -0.25) is 4.90 Å². The van der Waals surface area contributed by atoms with Gasteiger partial charge < -0.3 is 5.73 Å². The van der Waals surface area contributed by atoms with Crippen LogP contribution in [0.1, 0.15) is 58.3 Å². The molecule has 19 heavy (non-hydrogen) atoms. The average Bonchev–Trinajstić information content (AvgIpc) is 2.59. The van der Waals surface area contributed by atoms with Crippen LogP contribution >= 0.6 is 0 Å². The smallest absolute Gasteiger partial charge is 0.329 e. The van der Waals surface area contributed by atoms with Crippen molar-refractivity contribution in [2.24, 2.45) is 5.73 Å². The van der Waals surface area contributed by atoms with Gasteiger partial charge in [0.15, 0.2) is 0 Å². The lowest BCUT2D eigenvalue weighted by Gasteiger charge is -2.43. The largest absolute Gasteiger partial charge is 0.389 e. The van der Waals surface area contributed by atoms with Crippen molar-refractivity contribution in [1.82, 2.24) is 4.90 Å². The molecule has 114 valence electrons. The van der Waals surface area contributed by atoms with Crippen molar-refractivity contribution in [2.45, 2.75) is 70.0 Å². The molecule has 1 rings (SSSR count). The summed E-state index contributed by atoms with van der Waals surface area (Å²) in [5.41, 5.74) is 5.92. The summed E-state index contributed by atoms with van der Waals surface area (Å²) >= 11 is 0. The van der Waals surface area contributed by atoms with E-state index in [0.29, 0.717) is 13.1 Å². The van der Waals surface area contributed by atoms with Crippen molar-refractivity contribution in [3.63, 3.8) is 0 Å². The third kappa shape index (κ3) is 5.30. The maximum atomic E-state index is 12.3. The van der Waals surface area contributed by atoms with Crippen molar-refractivity contribution >= 4 is 0 Å². The molecule has 0 aliphatic heterocycles. The van der Waals surface area contributed by atoms with Gasteiger partial charge >= 0.3 is 6.18 Å². The zero-order chi connectivity index (χ0) is 14.4. The Morgan fingerprint density at radius 2 is 1.68 bits per heavy atom. The molecule has 0 radical (unpaired) electrons. The quantitative estimate of drug-likeness (QED) is 0.752. The van der Waals surface area contributed by atoms with Gasteiger partial charge in [-0.25, -0.2) is 0 Å². The predicted molar refractivity (Wildman–Crippen MR) is 72.0 cm³/mol. The lowest BCUT2D eigenvalue weighted by molar-refractivity contribution is -0.137. The highest BCUT2D eigenvalue weighted by Crippen LogP contribution is 2.32. The molecule has 0 aromatic rings. The Kier molecular flexibility index (Phi) is 6.60. The Labute approximate surface area is 114 Å². The second kappa shape index (κ2) is 7.48. The summed E-state index contributed by atoms with van der Waals surface area (Å²) in [6.45, 7) is 3.88. The van der Waals surface area contributed by atoms with Gasteiger partial charge in [0.1, 0.15) is 0 Å². The molecule has 0 aromatic carbocycles. The molecule has 0 bridgehead atoms. The van der Waals surface area contributed by atoms with E-state index in [1.165, 1.54) is 12.8 Å². The molecule has 0 aromatic heterocycles. The second-order valence-corrected chi connectivity index (χ2v) is 5.64. The van der Waals surface area contributed by atoms with Crippen LogP contribution in [0.3, 0.4) is 0 Å². The molecule has 0 saturated heterocycles.